The largest absolute Gasteiger partial charge is 0.375 e. The van der Waals surface area contributed by atoms with Gasteiger partial charge in [-0.2, -0.15) is 0 Å². The number of ether oxygens (including phenoxy) is 2. The van der Waals surface area contributed by atoms with Gasteiger partial charge in [-0.15, -0.1) is 24.0 Å². The Morgan fingerprint density at radius 2 is 1.93 bits per heavy atom. The average Bonchev–Trinajstić information content (AvgIpc) is 3.20. The second kappa shape index (κ2) is 11.8. The van der Waals surface area contributed by atoms with Crippen molar-refractivity contribution in [3.05, 3.63) is 0 Å². The van der Waals surface area contributed by atoms with E-state index in [1.807, 2.05) is 0 Å². The second-order valence-electron chi connectivity index (χ2n) is 8.03. The molecule has 3 aliphatic heterocycles. The number of rotatable bonds is 5. The van der Waals surface area contributed by atoms with Crippen LogP contribution in [0.1, 0.15) is 52.9 Å². The third-order valence-electron chi connectivity index (χ3n) is 6.03. The van der Waals surface area contributed by atoms with Crippen molar-refractivity contribution in [2.45, 2.75) is 77.2 Å². The normalized spacial score (nSPS) is 31.4. The first-order valence-electron chi connectivity index (χ1n) is 10.7. The average molecular weight is 494 g/mol. The molecule has 4 atom stereocenters. The SMILES string of the molecule is CCNC(=NCC(C)N1CCCCC1C)N1CCOC(C2CCCO2)C1.I. The number of nitrogens with zero attached hydrogens (tertiary/aromatic N) is 3. The fourth-order valence-electron chi connectivity index (χ4n) is 4.51. The molecule has 0 amide bonds. The van der Waals surface area contributed by atoms with Crippen LogP contribution in [0.25, 0.3) is 0 Å². The lowest BCUT2D eigenvalue weighted by Gasteiger charge is -2.39. The molecule has 0 aromatic carbocycles. The molecule has 0 aromatic rings. The third kappa shape index (κ3) is 6.44. The summed E-state index contributed by atoms with van der Waals surface area (Å²) < 4.78 is 11.8. The molecule has 1 N–H and O–H groups in total. The van der Waals surface area contributed by atoms with Gasteiger partial charge in [0, 0.05) is 38.3 Å². The number of likely N-dealkylation sites (tertiary alicyclic amines) is 1. The number of nitrogens with one attached hydrogen (secondary N) is 1. The topological polar surface area (TPSA) is 49.3 Å². The summed E-state index contributed by atoms with van der Waals surface area (Å²) >= 11 is 0. The Kier molecular flexibility index (Phi) is 10.1. The van der Waals surface area contributed by atoms with Gasteiger partial charge in [0.2, 0.25) is 0 Å². The van der Waals surface area contributed by atoms with Gasteiger partial charge in [0.15, 0.2) is 5.96 Å². The molecule has 0 aliphatic carbocycles. The summed E-state index contributed by atoms with van der Waals surface area (Å²) in [5.74, 6) is 1.04. The summed E-state index contributed by atoms with van der Waals surface area (Å²) in [6, 6.07) is 1.18. The molecule has 0 aromatic heterocycles. The van der Waals surface area contributed by atoms with E-state index in [0.717, 1.165) is 58.2 Å². The van der Waals surface area contributed by atoms with Crippen LogP contribution in [0.2, 0.25) is 0 Å². The predicted octanol–water partition coefficient (Wildman–Crippen LogP) is 2.71. The molecule has 27 heavy (non-hydrogen) atoms. The first kappa shape index (κ1) is 23.2. The van der Waals surface area contributed by atoms with Gasteiger partial charge in [-0.05, 0) is 53.0 Å². The van der Waals surface area contributed by atoms with Crippen molar-refractivity contribution in [1.82, 2.24) is 15.1 Å². The lowest BCUT2D eigenvalue weighted by molar-refractivity contribution is -0.0817. The van der Waals surface area contributed by atoms with Gasteiger partial charge in [-0.25, -0.2) is 0 Å². The van der Waals surface area contributed by atoms with E-state index in [4.69, 9.17) is 14.5 Å². The zero-order valence-corrected chi connectivity index (χ0v) is 19.7. The Morgan fingerprint density at radius 3 is 2.63 bits per heavy atom. The standard InChI is InChI=1S/C20H38N4O2.HI/c1-4-21-20(22-14-17(3)24-10-6-5-8-16(24)2)23-11-13-26-19(15-23)18-9-7-12-25-18;/h16-19H,4-15H2,1-3H3,(H,21,22);1H. The molecular formula is C20H39IN4O2. The first-order chi connectivity index (χ1) is 12.7. The Hall–Kier alpha value is -0.120. The van der Waals surface area contributed by atoms with Crippen molar-refractivity contribution >= 4 is 29.9 Å². The maximum Gasteiger partial charge on any atom is 0.194 e. The van der Waals surface area contributed by atoms with Crippen LogP contribution in [0.4, 0.5) is 0 Å². The Labute approximate surface area is 182 Å². The molecule has 0 saturated carbocycles. The summed E-state index contributed by atoms with van der Waals surface area (Å²) in [4.78, 5) is 10.00. The van der Waals surface area contributed by atoms with Crippen LogP contribution in [-0.4, -0.2) is 86.0 Å². The van der Waals surface area contributed by atoms with Crippen LogP contribution in [0.15, 0.2) is 4.99 Å². The Balaban J connectivity index is 0.00000261. The van der Waals surface area contributed by atoms with E-state index in [2.05, 4.69) is 35.9 Å². The lowest BCUT2D eigenvalue weighted by atomic mass is 10.0. The number of hydrogen-bond acceptors (Lipinski definition) is 4. The molecule has 3 saturated heterocycles. The molecule has 158 valence electrons. The molecule has 3 fully saturated rings. The van der Waals surface area contributed by atoms with Crippen molar-refractivity contribution in [2.75, 3.05) is 45.9 Å². The molecular weight excluding hydrogens is 455 g/mol. The summed E-state index contributed by atoms with van der Waals surface area (Å²) in [6.45, 7) is 13.2. The fraction of sp³-hybridized carbons (Fsp3) is 0.950. The molecule has 0 spiro atoms. The van der Waals surface area contributed by atoms with E-state index in [1.54, 1.807) is 0 Å². The second-order valence-corrected chi connectivity index (χ2v) is 8.03. The molecule has 3 heterocycles. The highest BCUT2D eigenvalue weighted by atomic mass is 127. The predicted molar refractivity (Wildman–Crippen MR) is 121 cm³/mol. The van der Waals surface area contributed by atoms with E-state index in [0.29, 0.717) is 12.1 Å². The third-order valence-corrected chi connectivity index (χ3v) is 6.03. The van der Waals surface area contributed by atoms with Crippen LogP contribution >= 0.6 is 24.0 Å². The minimum Gasteiger partial charge on any atom is -0.375 e. The lowest BCUT2D eigenvalue weighted by Crippen LogP contribution is -2.53. The smallest absolute Gasteiger partial charge is 0.194 e. The van der Waals surface area contributed by atoms with Gasteiger partial charge >= 0.3 is 0 Å². The zero-order valence-electron chi connectivity index (χ0n) is 17.4. The summed E-state index contributed by atoms with van der Waals surface area (Å²) in [5.41, 5.74) is 0. The van der Waals surface area contributed by atoms with E-state index >= 15 is 0 Å². The van der Waals surface area contributed by atoms with Gasteiger partial charge in [0.1, 0.15) is 6.10 Å². The van der Waals surface area contributed by atoms with Crippen molar-refractivity contribution in [3.63, 3.8) is 0 Å². The highest BCUT2D eigenvalue weighted by Crippen LogP contribution is 2.22. The van der Waals surface area contributed by atoms with E-state index in [9.17, 15) is 0 Å². The van der Waals surface area contributed by atoms with Crippen molar-refractivity contribution in [2.24, 2.45) is 4.99 Å². The van der Waals surface area contributed by atoms with Crippen molar-refractivity contribution in [1.29, 1.82) is 0 Å². The zero-order chi connectivity index (χ0) is 18.4. The highest BCUT2D eigenvalue weighted by Gasteiger charge is 2.32. The number of piperidine rings is 1. The molecule has 0 bridgehead atoms. The van der Waals surface area contributed by atoms with Crippen molar-refractivity contribution in [3.8, 4) is 0 Å². The van der Waals surface area contributed by atoms with Crippen LogP contribution in [0.5, 0.6) is 0 Å². The van der Waals surface area contributed by atoms with E-state index in [-0.39, 0.29) is 36.2 Å². The van der Waals surface area contributed by atoms with Crippen LogP contribution < -0.4 is 5.32 Å². The number of guanidine groups is 1. The fourth-order valence-corrected chi connectivity index (χ4v) is 4.51. The van der Waals surface area contributed by atoms with Crippen LogP contribution in [0.3, 0.4) is 0 Å². The molecule has 3 rings (SSSR count). The number of halogens is 1. The van der Waals surface area contributed by atoms with Gasteiger partial charge in [0.05, 0.1) is 19.3 Å². The summed E-state index contributed by atoms with van der Waals surface area (Å²) in [7, 11) is 0. The van der Waals surface area contributed by atoms with Crippen molar-refractivity contribution < 1.29 is 9.47 Å². The molecule has 0 radical (unpaired) electrons. The molecule has 6 nitrogen and oxygen atoms in total. The van der Waals surface area contributed by atoms with E-state index < -0.39 is 0 Å². The molecule has 4 unspecified atom stereocenters. The van der Waals surface area contributed by atoms with E-state index in [1.165, 1.54) is 25.8 Å². The summed E-state index contributed by atoms with van der Waals surface area (Å²) in [6.07, 6.45) is 6.73. The van der Waals surface area contributed by atoms with Gasteiger partial charge in [-0.1, -0.05) is 6.42 Å². The maximum absolute atomic E-state index is 6.00. The molecule has 7 heteroatoms. The highest BCUT2D eigenvalue weighted by molar-refractivity contribution is 14.0. The first-order valence-corrected chi connectivity index (χ1v) is 10.7. The van der Waals surface area contributed by atoms with Gasteiger partial charge in [0.25, 0.3) is 0 Å². The van der Waals surface area contributed by atoms with Crippen LogP contribution in [0, 0.1) is 0 Å². The quantitative estimate of drug-likeness (QED) is 0.362. The summed E-state index contributed by atoms with van der Waals surface area (Å²) in [5, 5.41) is 3.49. The van der Waals surface area contributed by atoms with Gasteiger partial charge in [-0.3, -0.25) is 9.89 Å². The van der Waals surface area contributed by atoms with Gasteiger partial charge < -0.3 is 19.7 Å². The minimum absolute atomic E-state index is 0. The maximum atomic E-state index is 6.00. The minimum atomic E-state index is 0. The number of morpholine rings is 1. The number of hydrogen-bond donors (Lipinski definition) is 1. The monoisotopic (exact) mass is 494 g/mol. The van der Waals surface area contributed by atoms with Crippen LogP contribution in [-0.2, 0) is 9.47 Å². The molecule has 3 aliphatic rings. The Bertz CT molecular complexity index is 459. The Morgan fingerprint density at radius 1 is 1.11 bits per heavy atom. The number of aliphatic imine (C=N–C) groups is 1.